The van der Waals surface area contributed by atoms with Crippen molar-refractivity contribution in [2.75, 3.05) is 18.6 Å². The lowest BCUT2D eigenvalue weighted by atomic mass is 10.0. The summed E-state index contributed by atoms with van der Waals surface area (Å²) in [6.07, 6.45) is 3.88. The summed E-state index contributed by atoms with van der Waals surface area (Å²) in [4.78, 5) is 48.3. The number of fused-ring (bicyclic) bond motifs is 2. The first-order valence-corrected chi connectivity index (χ1v) is 12.7. The van der Waals surface area contributed by atoms with Crippen LogP contribution in [0.15, 0.2) is 52.4 Å². The predicted molar refractivity (Wildman–Crippen MR) is 132 cm³/mol. The molecule has 4 N–H and O–H groups in total. The van der Waals surface area contributed by atoms with Crippen LogP contribution in [0.5, 0.6) is 0 Å². The fraction of sp³-hybridized carbons (Fsp3) is 0.273. The quantitative estimate of drug-likeness (QED) is 0.172. The molecule has 2 aliphatic heterocycles. The summed E-state index contributed by atoms with van der Waals surface area (Å²) in [5.41, 5.74) is 8.23. The number of amides is 2. The van der Waals surface area contributed by atoms with Gasteiger partial charge in [0.25, 0.3) is 17.5 Å². The van der Waals surface area contributed by atoms with Crippen molar-refractivity contribution in [1.29, 1.82) is 0 Å². The highest BCUT2D eigenvalue weighted by atomic mass is 32.2. The lowest BCUT2D eigenvalue weighted by Crippen LogP contribution is -2.71. The first-order chi connectivity index (χ1) is 17.3. The molecule has 5 rings (SSSR count). The van der Waals surface area contributed by atoms with Gasteiger partial charge in [0.15, 0.2) is 10.8 Å². The summed E-state index contributed by atoms with van der Waals surface area (Å²) in [5.74, 6) is -1.97. The Balaban J connectivity index is 1.38. The van der Waals surface area contributed by atoms with Crippen molar-refractivity contribution in [2.45, 2.75) is 24.9 Å². The van der Waals surface area contributed by atoms with Crippen LogP contribution in [0.25, 0.3) is 5.65 Å². The van der Waals surface area contributed by atoms with Crippen LogP contribution >= 0.6 is 23.1 Å². The third kappa shape index (κ3) is 3.97. The molecule has 2 aliphatic rings. The molecule has 0 saturated carbocycles. The molecule has 0 unspecified atom stereocenters. The zero-order chi connectivity index (χ0) is 25.6. The standard InChI is InChI=1S/C22H21N7O5S2/c1-11-7-27(14-5-3-4-6-28(11)14)8-12-9-35-20-16(19(31)29(20)17(12)21(32)33)25-18(30)15(26-34-2)13-10-36-22(23)24-13/h3-7,10,16,20H,8-9H2,1-2H3,(H3-,23,24,25,30,32,33)/p+1/t16-,20+/m1/s1. The maximum Gasteiger partial charge on any atom is 0.352 e. The third-order valence-corrected chi connectivity index (χ3v) is 7.93. The lowest BCUT2D eigenvalue weighted by Gasteiger charge is -2.49. The molecule has 0 aliphatic carbocycles. The first-order valence-electron chi connectivity index (χ1n) is 10.8. The molecule has 3 aromatic heterocycles. The van der Waals surface area contributed by atoms with Crippen LogP contribution in [0.1, 0.15) is 11.4 Å². The number of thiazole rings is 1. The maximum atomic E-state index is 13.1. The minimum absolute atomic E-state index is 0.0484. The number of pyridine rings is 1. The molecule has 5 heterocycles. The van der Waals surface area contributed by atoms with E-state index < -0.39 is 29.2 Å². The smallest absolute Gasteiger partial charge is 0.352 e. The number of rotatable bonds is 7. The molecule has 2 atom stereocenters. The summed E-state index contributed by atoms with van der Waals surface area (Å²) in [5, 5.41) is 17.6. The van der Waals surface area contributed by atoms with Crippen molar-refractivity contribution in [3.05, 3.63) is 58.6 Å². The van der Waals surface area contributed by atoms with E-state index in [0.717, 1.165) is 22.7 Å². The fourth-order valence-corrected chi connectivity index (χ4v) is 6.24. The van der Waals surface area contributed by atoms with Crippen LogP contribution in [0.4, 0.5) is 5.13 Å². The highest BCUT2D eigenvalue weighted by molar-refractivity contribution is 8.00. The Bertz CT molecular complexity index is 1460. The molecule has 14 heteroatoms. The Morgan fingerprint density at radius 3 is 2.92 bits per heavy atom. The van der Waals surface area contributed by atoms with E-state index in [4.69, 9.17) is 10.6 Å². The van der Waals surface area contributed by atoms with Crippen LogP contribution in [0, 0.1) is 6.92 Å². The molecule has 186 valence electrons. The summed E-state index contributed by atoms with van der Waals surface area (Å²) < 4.78 is 3.97. The summed E-state index contributed by atoms with van der Waals surface area (Å²) in [6, 6.07) is 4.87. The van der Waals surface area contributed by atoms with Crippen LogP contribution in [-0.4, -0.2) is 67.2 Å². The number of oxime groups is 1. The zero-order valence-electron chi connectivity index (χ0n) is 19.2. The lowest BCUT2D eigenvalue weighted by molar-refractivity contribution is -0.662. The molecular weight excluding hydrogens is 506 g/mol. The number of carboxylic acids is 1. The van der Waals surface area contributed by atoms with Crippen LogP contribution in [0.3, 0.4) is 0 Å². The minimum atomic E-state index is -1.19. The molecule has 0 radical (unpaired) electrons. The monoisotopic (exact) mass is 528 g/mol. The van der Waals surface area contributed by atoms with Gasteiger partial charge in [0.05, 0.1) is 6.20 Å². The van der Waals surface area contributed by atoms with Gasteiger partial charge in [0.2, 0.25) is 0 Å². The molecule has 1 fully saturated rings. The van der Waals surface area contributed by atoms with Crippen molar-refractivity contribution < 1.29 is 28.9 Å². The first kappa shape index (κ1) is 23.8. The molecule has 3 aromatic rings. The number of carbonyl (C=O) groups excluding carboxylic acids is 2. The second-order valence-electron chi connectivity index (χ2n) is 8.14. The maximum absolute atomic E-state index is 13.1. The number of nitrogen functional groups attached to an aromatic ring is 1. The number of aryl methyl sites for hydroxylation is 1. The van der Waals surface area contributed by atoms with E-state index in [1.807, 2.05) is 46.5 Å². The van der Waals surface area contributed by atoms with Gasteiger partial charge in [0, 0.05) is 29.7 Å². The number of anilines is 1. The van der Waals surface area contributed by atoms with Crippen molar-refractivity contribution in [3.63, 3.8) is 0 Å². The SMILES string of the molecule is CON=C(C(=O)N[C@@H]1C(=O)N2C(C(=O)O)=C(C[n+]3cc(C)n4ccccc43)CS[C@@H]12)c1csc(N)n1. The Kier molecular flexibility index (Phi) is 6.14. The topological polar surface area (TPSA) is 156 Å². The minimum Gasteiger partial charge on any atom is -0.477 e. The van der Waals surface area contributed by atoms with Gasteiger partial charge in [-0.1, -0.05) is 11.2 Å². The second kappa shape index (κ2) is 9.28. The Morgan fingerprint density at radius 1 is 1.42 bits per heavy atom. The number of hydrogen-bond donors (Lipinski definition) is 3. The Hall–Kier alpha value is -3.91. The van der Waals surface area contributed by atoms with Gasteiger partial charge in [-0.15, -0.1) is 23.1 Å². The Morgan fingerprint density at radius 2 is 2.22 bits per heavy atom. The van der Waals surface area contributed by atoms with E-state index in [1.54, 1.807) is 5.38 Å². The Labute approximate surface area is 213 Å². The van der Waals surface area contributed by atoms with Crippen molar-refractivity contribution in [1.82, 2.24) is 19.6 Å². The summed E-state index contributed by atoms with van der Waals surface area (Å²) in [6.45, 7) is 2.29. The van der Waals surface area contributed by atoms with E-state index in [1.165, 1.54) is 23.8 Å². The highest BCUT2D eigenvalue weighted by Crippen LogP contribution is 2.40. The largest absolute Gasteiger partial charge is 0.477 e. The molecule has 0 spiro atoms. The molecular formula is C22H22N7O5S2+. The van der Waals surface area contributed by atoms with Gasteiger partial charge in [0.1, 0.15) is 48.4 Å². The van der Waals surface area contributed by atoms with Gasteiger partial charge in [-0.05, 0) is 6.07 Å². The number of nitrogens with two attached hydrogens (primary N) is 1. The average Bonchev–Trinajstić information content (AvgIpc) is 3.43. The predicted octanol–water partition coefficient (Wildman–Crippen LogP) is 0.363. The van der Waals surface area contributed by atoms with Gasteiger partial charge >= 0.3 is 5.97 Å². The van der Waals surface area contributed by atoms with E-state index in [2.05, 4.69) is 15.5 Å². The summed E-state index contributed by atoms with van der Waals surface area (Å²) >= 11 is 2.53. The van der Waals surface area contributed by atoms with Crippen LogP contribution < -0.4 is 15.6 Å². The summed E-state index contributed by atoms with van der Waals surface area (Å²) in [7, 11) is 1.29. The fourth-order valence-electron chi connectivity index (χ4n) is 4.36. The number of carboxylic acid groups (broad SMARTS) is 1. The number of nitrogens with zero attached hydrogens (tertiary/aromatic N) is 5. The zero-order valence-corrected chi connectivity index (χ0v) is 20.9. The van der Waals surface area contributed by atoms with Crippen LogP contribution in [0.2, 0.25) is 0 Å². The van der Waals surface area contributed by atoms with Gasteiger partial charge in [-0.2, -0.15) is 0 Å². The number of hydrogen-bond acceptors (Lipinski definition) is 9. The number of β-lactam (4-membered cyclic amide) rings is 1. The van der Waals surface area contributed by atoms with Gasteiger partial charge in [-0.25, -0.2) is 18.7 Å². The number of carbonyl (C=O) groups is 3. The van der Waals surface area contributed by atoms with Crippen molar-refractivity contribution in [3.8, 4) is 0 Å². The second-order valence-corrected chi connectivity index (χ2v) is 10.1. The van der Waals surface area contributed by atoms with E-state index in [-0.39, 0.29) is 22.2 Å². The molecule has 2 amide bonds. The molecule has 12 nitrogen and oxygen atoms in total. The van der Waals surface area contributed by atoms with E-state index in [0.29, 0.717) is 17.9 Å². The molecule has 0 aromatic carbocycles. The molecule has 36 heavy (non-hydrogen) atoms. The number of aliphatic carboxylic acids is 1. The van der Waals surface area contributed by atoms with Gasteiger partial charge < -0.3 is 21.0 Å². The molecule has 0 bridgehead atoms. The number of imidazole rings is 1. The molecule has 1 saturated heterocycles. The van der Waals surface area contributed by atoms with E-state index >= 15 is 0 Å². The van der Waals surface area contributed by atoms with E-state index in [9.17, 15) is 19.5 Å². The normalized spacial score (nSPS) is 19.8. The van der Waals surface area contributed by atoms with Crippen molar-refractivity contribution in [2.24, 2.45) is 5.16 Å². The number of thioether (sulfide) groups is 1. The average molecular weight is 529 g/mol. The van der Waals surface area contributed by atoms with Crippen LogP contribution in [-0.2, 0) is 25.8 Å². The van der Waals surface area contributed by atoms with Crippen molar-refractivity contribution >= 4 is 57.4 Å². The van der Waals surface area contributed by atoms with Gasteiger partial charge in [-0.3, -0.25) is 14.5 Å². The third-order valence-electron chi connectivity index (χ3n) is 5.92. The number of aromatic nitrogens is 3. The number of nitrogens with one attached hydrogen (secondary N) is 1. The highest BCUT2D eigenvalue weighted by Gasteiger charge is 2.54.